The summed E-state index contributed by atoms with van der Waals surface area (Å²) >= 11 is 1.52. The van der Waals surface area contributed by atoms with Gasteiger partial charge in [-0.3, -0.25) is 9.48 Å². The van der Waals surface area contributed by atoms with Gasteiger partial charge in [0.2, 0.25) is 0 Å². The summed E-state index contributed by atoms with van der Waals surface area (Å²) < 4.78 is 6.56. The van der Waals surface area contributed by atoms with Crippen LogP contribution in [0.25, 0.3) is 10.7 Å². The van der Waals surface area contributed by atoms with Crippen LogP contribution in [0, 0.1) is 0 Å². The molecule has 96 valence electrons. The third-order valence-corrected chi connectivity index (χ3v) is 3.39. The molecule has 0 saturated carbocycles. The van der Waals surface area contributed by atoms with Crippen LogP contribution >= 0.6 is 11.3 Å². The van der Waals surface area contributed by atoms with Crippen molar-refractivity contribution in [1.82, 2.24) is 14.8 Å². The Morgan fingerprint density at radius 1 is 1.56 bits per heavy atom. The van der Waals surface area contributed by atoms with Gasteiger partial charge in [-0.15, -0.1) is 11.3 Å². The summed E-state index contributed by atoms with van der Waals surface area (Å²) in [6.45, 7) is 2.98. The highest BCUT2D eigenvalue weighted by atomic mass is 32.1. The molecule has 0 bridgehead atoms. The Morgan fingerprint density at radius 3 is 3.11 bits per heavy atom. The zero-order valence-electron chi connectivity index (χ0n) is 10.4. The van der Waals surface area contributed by atoms with Crippen LogP contribution in [0.15, 0.2) is 17.6 Å². The SMILES string of the molecule is CCCn1nccc1-c1nc(CC(=O)OC)cs1. The molecule has 5 nitrogen and oxygen atoms in total. The Kier molecular flexibility index (Phi) is 4.09. The molecule has 0 N–H and O–H groups in total. The maximum Gasteiger partial charge on any atom is 0.311 e. The molecule has 2 rings (SSSR count). The molecule has 2 heterocycles. The molecule has 2 aromatic rings. The molecule has 0 aliphatic carbocycles. The summed E-state index contributed by atoms with van der Waals surface area (Å²) in [5, 5.41) is 7.03. The van der Waals surface area contributed by atoms with Gasteiger partial charge in [0.25, 0.3) is 0 Å². The van der Waals surface area contributed by atoms with E-state index in [1.165, 1.54) is 18.4 Å². The Hall–Kier alpha value is -1.69. The molecule has 0 amide bonds. The fourth-order valence-electron chi connectivity index (χ4n) is 1.63. The number of hydrogen-bond donors (Lipinski definition) is 0. The van der Waals surface area contributed by atoms with Gasteiger partial charge in [0.05, 0.1) is 24.9 Å². The van der Waals surface area contributed by atoms with E-state index in [1.807, 2.05) is 16.1 Å². The summed E-state index contributed by atoms with van der Waals surface area (Å²) in [5.41, 5.74) is 1.74. The number of esters is 1. The van der Waals surface area contributed by atoms with Gasteiger partial charge in [-0.25, -0.2) is 4.98 Å². The van der Waals surface area contributed by atoms with E-state index < -0.39 is 0 Å². The Bertz CT molecular complexity index is 533. The molecule has 2 aromatic heterocycles. The van der Waals surface area contributed by atoms with Crippen molar-refractivity contribution in [3.63, 3.8) is 0 Å². The lowest BCUT2D eigenvalue weighted by Crippen LogP contribution is -2.05. The molecule has 0 aliphatic heterocycles. The first-order valence-corrected chi connectivity index (χ1v) is 6.66. The summed E-state index contributed by atoms with van der Waals surface area (Å²) in [6.07, 6.45) is 3.01. The molecular formula is C12H15N3O2S. The predicted octanol–water partition coefficient (Wildman–Crippen LogP) is 2.13. The molecule has 0 aliphatic rings. The first kappa shape index (κ1) is 12.8. The molecule has 0 saturated heterocycles. The summed E-state index contributed by atoms with van der Waals surface area (Å²) in [6, 6.07) is 1.94. The first-order valence-electron chi connectivity index (χ1n) is 5.78. The number of carbonyl (C=O) groups is 1. The van der Waals surface area contributed by atoms with E-state index in [-0.39, 0.29) is 12.4 Å². The van der Waals surface area contributed by atoms with E-state index in [9.17, 15) is 4.79 Å². The van der Waals surface area contributed by atoms with Crippen molar-refractivity contribution in [3.8, 4) is 10.7 Å². The van der Waals surface area contributed by atoms with Crippen molar-refractivity contribution >= 4 is 17.3 Å². The number of aromatic nitrogens is 3. The van der Waals surface area contributed by atoms with Gasteiger partial charge >= 0.3 is 5.97 Å². The van der Waals surface area contributed by atoms with E-state index >= 15 is 0 Å². The lowest BCUT2D eigenvalue weighted by molar-refractivity contribution is -0.139. The number of methoxy groups -OCH3 is 1. The fraction of sp³-hybridized carbons (Fsp3) is 0.417. The van der Waals surface area contributed by atoms with Crippen LogP contribution in [-0.4, -0.2) is 27.8 Å². The molecule has 0 fully saturated rings. The Labute approximate surface area is 109 Å². The largest absolute Gasteiger partial charge is 0.469 e. The average Bonchev–Trinajstić information content (AvgIpc) is 2.98. The molecule has 0 aromatic carbocycles. The van der Waals surface area contributed by atoms with Crippen molar-refractivity contribution in [2.45, 2.75) is 26.3 Å². The highest BCUT2D eigenvalue weighted by molar-refractivity contribution is 7.13. The second kappa shape index (κ2) is 5.77. The van der Waals surface area contributed by atoms with Gasteiger partial charge in [-0.1, -0.05) is 6.92 Å². The van der Waals surface area contributed by atoms with Crippen LogP contribution in [0.3, 0.4) is 0 Å². The molecule has 0 atom stereocenters. The van der Waals surface area contributed by atoms with Crippen molar-refractivity contribution in [2.75, 3.05) is 7.11 Å². The summed E-state index contributed by atoms with van der Waals surface area (Å²) in [4.78, 5) is 15.6. The number of thiazole rings is 1. The van der Waals surface area contributed by atoms with Crippen LogP contribution in [0.5, 0.6) is 0 Å². The van der Waals surface area contributed by atoms with Gasteiger partial charge in [0.15, 0.2) is 0 Å². The second-order valence-corrected chi connectivity index (χ2v) is 4.69. The zero-order valence-corrected chi connectivity index (χ0v) is 11.2. The lowest BCUT2D eigenvalue weighted by atomic mass is 10.3. The van der Waals surface area contributed by atoms with E-state index in [2.05, 4.69) is 21.7 Å². The summed E-state index contributed by atoms with van der Waals surface area (Å²) in [5.74, 6) is -0.270. The first-order chi connectivity index (χ1) is 8.74. The third-order valence-electron chi connectivity index (χ3n) is 2.48. The number of hydrogen-bond acceptors (Lipinski definition) is 5. The van der Waals surface area contributed by atoms with Crippen molar-refractivity contribution < 1.29 is 9.53 Å². The molecular weight excluding hydrogens is 250 g/mol. The Balaban J connectivity index is 2.18. The van der Waals surface area contributed by atoms with Crippen LogP contribution < -0.4 is 0 Å². The third kappa shape index (κ3) is 2.76. The van der Waals surface area contributed by atoms with Gasteiger partial charge in [-0.2, -0.15) is 5.10 Å². The highest BCUT2D eigenvalue weighted by Crippen LogP contribution is 2.23. The number of carbonyl (C=O) groups excluding carboxylic acids is 1. The van der Waals surface area contributed by atoms with Gasteiger partial charge in [-0.05, 0) is 12.5 Å². The van der Waals surface area contributed by atoms with Gasteiger partial charge in [0, 0.05) is 18.1 Å². The lowest BCUT2D eigenvalue weighted by Gasteiger charge is -2.02. The summed E-state index contributed by atoms with van der Waals surface area (Å²) in [7, 11) is 1.38. The quantitative estimate of drug-likeness (QED) is 0.777. The van der Waals surface area contributed by atoms with Crippen molar-refractivity contribution in [2.24, 2.45) is 0 Å². The standard InChI is InChI=1S/C12H15N3O2S/c1-3-6-15-10(4-5-13-15)12-14-9(8-18-12)7-11(16)17-2/h4-5,8H,3,6-7H2,1-2H3. The van der Waals surface area contributed by atoms with Crippen molar-refractivity contribution in [3.05, 3.63) is 23.3 Å². The van der Waals surface area contributed by atoms with Gasteiger partial charge in [0.1, 0.15) is 5.01 Å². The van der Waals surface area contributed by atoms with Crippen LogP contribution in [0.4, 0.5) is 0 Å². The fourth-order valence-corrected chi connectivity index (χ4v) is 2.48. The number of ether oxygens (including phenoxy) is 1. The van der Waals surface area contributed by atoms with E-state index in [0.29, 0.717) is 0 Å². The van der Waals surface area contributed by atoms with Crippen LogP contribution in [0.1, 0.15) is 19.0 Å². The minimum absolute atomic E-state index is 0.217. The molecule has 18 heavy (non-hydrogen) atoms. The average molecular weight is 265 g/mol. The number of aryl methyl sites for hydroxylation is 1. The minimum Gasteiger partial charge on any atom is -0.469 e. The molecule has 0 radical (unpaired) electrons. The smallest absolute Gasteiger partial charge is 0.311 e. The highest BCUT2D eigenvalue weighted by Gasteiger charge is 2.12. The van der Waals surface area contributed by atoms with E-state index in [1.54, 1.807) is 6.20 Å². The van der Waals surface area contributed by atoms with Gasteiger partial charge < -0.3 is 4.74 Å². The van der Waals surface area contributed by atoms with Crippen LogP contribution in [-0.2, 0) is 22.5 Å². The molecule has 0 unspecified atom stereocenters. The molecule has 0 spiro atoms. The zero-order chi connectivity index (χ0) is 13.0. The van der Waals surface area contributed by atoms with Crippen LogP contribution in [0.2, 0.25) is 0 Å². The normalized spacial score (nSPS) is 10.6. The monoisotopic (exact) mass is 265 g/mol. The maximum absolute atomic E-state index is 11.2. The maximum atomic E-state index is 11.2. The topological polar surface area (TPSA) is 57.0 Å². The molecule has 6 heteroatoms. The minimum atomic E-state index is -0.270. The number of rotatable bonds is 5. The Morgan fingerprint density at radius 2 is 2.39 bits per heavy atom. The van der Waals surface area contributed by atoms with E-state index in [4.69, 9.17) is 0 Å². The van der Waals surface area contributed by atoms with E-state index in [0.717, 1.165) is 29.4 Å². The predicted molar refractivity (Wildman–Crippen MR) is 69.3 cm³/mol. The number of nitrogens with zero attached hydrogens (tertiary/aromatic N) is 3. The second-order valence-electron chi connectivity index (χ2n) is 3.84. The van der Waals surface area contributed by atoms with Crippen molar-refractivity contribution in [1.29, 1.82) is 0 Å².